The van der Waals surface area contributed by atoms with E-state index < -0.39 is 37.2 Å². The zero-order chi connectivity index (χ0) is 26.7. The summed E-state index contributed by atoms with van der Waals surface area (Å²) in [6.07, 6.45) is 1.70. The minimum Gasteiger partial charge on any atom is -0.441 e. The molecule has 3 N–H and O–H groups in total. The van der Waals surface area contributed by atoms with E-state index in [9.17, 15) is 13.6 Å². The Labute approximate surface area is 220 Å². The lowest BCUT2D eigenvalue weighted by Gasteiger charge is -2.61. The van der Waals surface area contributed by atoms with Crippen LogP contribution in [0.4, 0.5) is 29.7 Å². The maximum absolute atomic E-state index is 15.1. The van der Waals surface area contributed by atoms with Crippen LogP contribution in [0.3, 0.4) is 0 Å². The number of anilines is 2. The molecule has 2 aliphatic heterocycles. The van der Waals surface area contributed by atoms with Gasteiger partial charge in [0.05, 0.1) is 24.1 Å². The van der Waals surface area contributed by atoms with Crippen LogP contribution in [0.15, 0.2) is 24.5 Å². The largest absolute Gasteiger partial charge is 0.441 e. The van der Waals surface area contributed by atoms with E-state index in [4.69, 9.17) is 9.47 Å². The van der Waals surface area contributed by atoms with Crippen LogP contribution >= 0.6 is 0 Å². The highest BCUT2D eigenvalue weighted by Crippen LogP contribution is 2.57. The number of imidazole rings is 1. The number of rotatable bonds is 9. The number of hydrogen-bond acceptors (Lipinski definition) is 9. The van der Waals surface area contributed by atoms with Gasteiger partial charge in [0.1, 0.15) is 11.8 Å². The molecule has 15 heteroatoms. The van der Waals surface area contributed by atoms with Gasteiger partial charge in [-0.15, -0.1) is 0 Å². The first-order valence-electron chi connectivity index (χ1n) is 12.9. The van der Waals surface area contributed by atoms with Gasteiger partial charge < -0.3 is 24.8 Å². The Hall–Kier alpha value is -3.43. The third kappa shape index (κ3) is 4.67. The monoisotopic (exact) mass is 548 g/mol. The van der Waals surface area contributed by atoms with Crippen LogP contribution in [-0.4, -0.2) is 85.8 Å². The molecule has 8 rings (SSSR count). The summed E-state index contributed by atoms with van der Waals surface area (Å²) in [5, 5.41) is 13.0. The number of carbonyl (C=O) groups excluding carboxylic acids is 1. The predicted octanol–water partition coefficient (Wildman–Crippen LogP) is 2.68. The Morgan fingerprint density at radius 3 is 2.87 bits per heavy atom. The molecule has 0 aromatic carbocycles. The number of likely N-dealkylation sites (tertiary alicyclic amines) is 1. The molecule has 3 aliphatic carbocycles. The number of aromatic nitrogens is 5. The van der Waals surface area contributed by atoms with Gasteiger partial charge in [0, 0.05) is 43.6 Å². The lowest BCUT2D eigenvalue weighted by Crippen LogP contribution is -2.68. The fourth-order valence-electron chi connectivity index (χ4n) is 5.86. The topological polar surface area (TPSA) is 131 Å². The molecule has 0 radical (unpaired) electrons. The summed E-state index contributed by atoms with van der Waals surface area (Å²) in [4.78, 5) is 23.1. The second-order valence-corrected chi connectivity index (χ2v) is 10.8. The molecular weight excluding hydrogens is 521 g/mol. The van der Waals surface area contributed by atoms with E-state index in [2.05, 4.69) is 35.5 Å². The Morgan fingerprint density at radius 1 is 1.31 bits per heavy atom. The van der Waals surface area contributed by atoms with Gasteiger partial charge in [0.15, 0.2) is 18.1 Å². The molecule has 3 saturated carbocycles. The predicted molar refractivity (Wildman–Crippen MR) is 128 cm³/mol. The molecular formula is C24H27F3N8O4. The van der Waals surface area contributed by atoms with Crippen LogP contribution in [0.2, 0.25) is 0 Å². The maximum atomic E-state index is 15.1. The minimum absolute atomic E-state index is 0.0542. The average Bonchev–Trinajstić information content (AvgIpc) is 3.53. The van der Waals surface area contributed by atoms with Gasteiger partial charge in [-0.25, -0.2) is 19.2 Å². The number of carbonyl (C=O) groups is 1. The van der Waals surface area contributed by atoms with Gasteiger partial charge in [-0.3, -0.25) is 14.4 Å². The number of H-pyrrole nitrogens is 1. The summed E-state index contributed by atoms with van der Waals surface area (Å²) in [6, 6.07) is 3.36. The van der Waals surface area contributed by atoms with Crippen molar-refractivity contribution in [2.75, 3.05) is 25.0 Å². The van der Waals surface area contributed by atoms with Gasteiger partial charge in [0.2, 0.25) is 5.95 Å². The van der Waals surface area contributed by atoms with E-state index in [1.165, 1.54) is 0 Å². The van der Waals surface area contributed by atoms with Crippen molar-refractivity contribution in [2.24, 2.45) is 5.92 Å². The fourth-order valence-corrected chi connectivity index (χ4v) is 5.86. The molecule has 0 spiro atoms. The third-order valence-corrected chi connectivity index (χ3v) is 7.93. The number of nitrogens with zero attached hydrogens (tertiary/aromatic N) is 5. The van der Waals surface area contributed by atoms with Crippen LogP contribution in [0.5, 0.6) is 0 Å². The van der Waals surface area contributed by atoms with Gasteiger partial charge in [-0.05, 0) is 31.2 Å². The van der Waals surface area contributed by atoms with Crippen molar-refractivity contribution < 1.29 is 32.2 Å². The van der Waals surface area contributed by atoms with Crippen LogP contribution in [0, 0.1) is 5.92 Å². The van der Waals surface area contributed by atoms with Crippen molar-refractivity contribution >= 4 is 23.5 Å². The van der Waals surface area contributed by atoms with E-state index in [0.717, 1.165) is 25.0 Å². The summed E-state index contributed by atoms with van der Waals surface area (Å²) < 4.78 is 57.0. The highest BCUT2D eigenvalue weighted by atomic mass is 19.3. The Balaban J connectivity index is 0.965. The number of aromatic amines is 1. The standard InChI is InChI=1S/C24H27F3N8O4/c25-19-16(39-23(36)31-24-4-12(5-24)6-24)11-37-20(19)15-3-17(33-32-15)30-22-28-2-1-18-29-13(8-35(18)22)7-34-9-14(10-34)38-21(26)27/h1-3,8,12,14,16,19-21H,4-7,9-11H2,(H,31,36)(H2,28,30,32,33)/t12?,16-,19-,20-,24?/m1/s1. The van der Waals surface area contributed by atoms with Crippen LogP contribution < -0.4 is 10.6 Å². The highest BCUT2D eigenvalue weighted by Gasteiger charge is 2.58. The van der Waals surface area contributed by atoms with Crippen molar-refractivity contribution in [3.05, 3.63) is 35.9 Å². The van der Waals surface area contributed by atoms with Crippen molar-refractivity contribution in [3.8, 4) is 0 Å². The maximum Gasteiger partial charge on any atom is 0.408 e. The Bertz CT molecular complexity index is 1360. The number of alkyl carbamates (subject to hydrolysis) is 1. The molecule has 12 nitrogen and oxygen atoms in total. The number of nitrogens with one attached hydrogen (secondary N) is 3. The lowest BCUT2D eigenvalue weighted by atomic mass is 9.50. The molecule has 3 aromatic rings. The van der Waals surface area contributed by atoms with Crippen molar-refractivity contribution in [3.63, 3.8) is 0 Å². The van der Waals surface area contributed by atoms with E-state index in [0.29, 0.717) is 48.7 Å². The number of halogens is 3. The van der Waals surface area contributed by atoms with Gasteiger partial charge in [0.25, 0.3) is 0 Å². The molecule has 1 amide bonds. The first-order chi connectivity index (χ1) is 18.8. The van der Waals surface area contributed by atoms with Crippen molar-refractivity contribution in [1.29, 1.82) is 0 Å². The number of ether oxygens (including phenoxy) is 3. The number of hydrogen-bond donors (Lipinski definition) is 3. The Morgan fingerprint density at radius 2 is 2.13 bits per heavy atom. The molecule has 2 bridgehead atoms. The number of fused-ring (bicyclic) bond motifs is 1. The highest BCUT2D eigenvalue weighted by molar-refractivity contribution is 5.69. The number of alkyl halides is 3. The molecule has 3 atom stereocenters. The lowest BCUT2D eigenvalue weighted by molar-refractivity contribution is -0.197. The summed E-state index contributed by atoms with van der Waals surface area (Å²) in [5.41, 5.74) is 1.63. The molecule has 2 saturated heterocycles. The van der Waals surface area contributed by atoms with Crippen LogP contribution in [-0.2, 0) is 20.8 Å². The normalized spacial score (nSPS) is 30.2. The van der Waals surface area contributed by atoms with Gasteiger partial charge in [-0.1, -0.05) is 0 Å². The van der Waals surface area contributed by atoms with Crippen LogP contribution in [0.1, 0.15) is 36.8 Å². The zero-order valence-electron chi connectivity index (χ0n) is 20.7. The van der Waals surface area contributed by atoms with Crippen LogP contribution in [0.25, 0.3) is 5.65 Å². The summed E-state index contributed by atoms with van der Waals surface area (Å²) >= 11 is 0. The van der Waals surface area contributed by atoms with Crippen molar-refractivity contribution in [2.45, 2.75) is 62.4 Å². The minimum atomic E-state index is -2.77. The molecule has 39 heavy (non-hydrogen) atoms. The molecule has 0 unspecified atom stereocenters. The fraction of sp³-hybridized carbons (Fsp3) is 0.583. The van der Waals surface area contributed by atoms with E-state index in [1.807, 2.05) is 4.90 Å². The molecule has 208 valence electrons. The summed E-state index contributed by atoms with van der Waals surface area (Å²) in [6.45, 7) is -1.52. The number of amides is 1. The van der Waals surface area contributed by atoms with E-state index in [1.54, 1.807) is 28.9 Å². The Kier molecular flexibility index (Phi) is 5.89. The molecule has 5 fully saturated rings. The average molecular weight is 549 g/mol. The summed E-state index contributed by atoms with van der Waals surface area (Å²) in [5.74, 6) is 1.52. The van der Waals surface area contributed by atoms with E-state index >= 15 is 4.39 Å². The quantitative estimate of drug-likeness (QED) is 0.369. The van der Waals surface area contributed by atoms with E-state index in [-0.39, 0.29) is 12.1 Å². The molecule has 3 aromatic heterocycles. The first-order valence-corrected chi connectivity index (χ1v) is 12.9. The smallest absolute Gasteiger partial charge is 0.408 e. The van der Waals surface area contributed by atoms with Crippen molar-refractivity contribution in [1.82, 2.24) is 34.8 Å². The summed E-state index contributed by atoms with van der Waals surface area (Å²) in [7, 11) is 0. The SMILES string of the molecule is O=C(NC12CC(C1)C2)O[C@@H]1CO[C@H](c2cc(Nc3nccc4nc(CN5CC(OC(F)F)C5)cn34)n[nH]2)[C@@H]1F. The first kappa shape index (κ1) is 24.6. The third-order valence-electron chi connectivity index (χ3n) is 7.93. The molecule has 5 heterocycles. The second kappa shape index (κ2) is 9.34. The zero-order valence-corrected chi connectivity index (χ0v) is 20.7. The molecule has 5 aliphatic rings. The van der Waals surface area contributed by atoms with Gasteiger partial charge in [-0.2, -0.15) is 13.9 Å². The van der Waals surface area contributed by atoms with Gasteiger partial charge >= 0.3 is 12.7 Å². The second-order valence-electron chi connectivity index (χ2n) is 10.8.